The lowest BCUT2D eigenvalue weighted by Gasteiger charge is -2.21. The first-order chi connectivity index (χ1) is 14.1. The van der Waals surface area contributed by atoms with Crippen molar-refractivity contribution in [2.45, 2.75) is 18.7 Å². The van der Waals surface area contributed by atoms with Crippen molar-refractivity contribution in [2.24, 2.45) is 0 Å². The summed E-state index contributed by atoms with van der Waals surface area (Å²) in [5, 5.41) is 9.38. The summed E-state index contributed by atoms with van der Waals surface area (Å²) in [6, 6.07) is 7.94. The van der Waals surface area contributed by atoms with Gasteiger partial charge in [0.25, 0.3) is 10.0 Å². The molecule has 0 atom stereocenters. The van der Waals surface area contributed by atoms with E-state index in [4.69, 9.17) is 23.2 Å². The lowest BCUT2D eigenvalue weighted by atomic mass is 10.2. The van der Waals surface area contributed by atoms with E-state index in [1.807, 2.05) is 0 Å². The largest absolute Gasteiger partial charge is 0.478 e. The van der Waals surface area contributed by atoms with Gasteiger partial charge in [0.2, 0.25) is 0 Å². The second-order valence-electron chi connectivity index (χ2n) is 6.12. The molecule has 0 radical (unpaired) electrons. The number of carbonyl (C=O) groups is 1. The van der Waals surface area contributed by atoms with E-state index in [-0.39, 0.29) is 43.4 Å². The van der Waals surface area contributed by atoms with Crippen LogP contribution >= 0.6 is 34.5 Å². The Bertz CT molecular complexity index is 1250. The molecule has 3 rings (SSSR count). The number of hydrogen-bond donors (Lipinski definition) is 1. The van der Waals surface area contributed by atoms with Crippen LogP contribution in [0.4, 0.5) is 10.2 Å². The summed E-state index contributed by atoms with van der Waals surface area (Å²) in [5.41, 5.74) is -0.166. The number of aryl methyl sites for hydroxylation is 1. The molecule has 0 saturated carbocycles. The molecular formula is C19H15Cl2FN2O4S2. The molecule has 30 heavy (non-hydrogen) atoms. The Morgan fingerprint density at radius 3 is 2.57 bits per heavy atom. The fourth-order valence-corrected chi connectivity index (χ4v) is 5.67. The first-order valence-corrected chi connectivity index (χ1v) is 11.6. The Labute approximate surface area is 186 Å². The molecule has 0 spiro atoms. The molecule has 2 aromatic carbocycles. The predicted molar refractivity (Wildman–Crippen MR) is 116 cm³/mol. The average molecular weight is 489 g/mol. The van der Waals surface area contributed by atoms with Crippen molar-refractivity contribution in [2.75, 3.05) is 10.8 Å². The minimum atomic E-state index is -4.15. The molecule has 0 unspecified atom stereocenters. The SMILES string of the molecule is CCN(c1nc(-c2cccc(Cl)c2F)sc1C)S(=O)(=O)c1ccc(Cl)c(C(=O)O)c1. The molecule has 0 amide bonds. The molecule has 6 nitrogen and oxygen atoms in total. The van der Waals surface area contributed by atoms with Crippen LogP contribution in [0.1, 0.15) is 22.2 Å². The van der Waals surface area contributed by atoms with Crippen LogP contribution in [0.5, 0.6) is 0 Å². The molecule has 0 saturated heterocycles. The molecule has 0 aliphatic carbocycles. The Balaban J connectivity index is 2.10. The number of benzene rings is 2. The molecule has 0 fully saturated rings. The van der Waals surface area contributed by atoms with Gasteiger partial charge in [0.15, 0.2) is 11.6 Å². The highest BCUT2D eigenvalue weighted by atomic mass is 35.5. The Hall–Kier alpha value is -2.20. The first-order valence-electron chi connectivity index (χ1n) is 8.55. The highest BCUT2D eigenvalue weighted by Gasteiger charge is 2.29. The predicted octanol–water partition coefficient (Wildman–Crippen LogP) is 5.48. The van der Waals surface area contributed by atoms with Crippen molar-refractivity contribution in [3.05, 3.63) is 62.7 Å². The topological polar surface area (TPSA) is 87.6 Å². The maximum Gasteiger partial charge on any atom is 0.337 e. The number of carboxylic acids is 1. The zero-order valence-electron chi connectivity index (χ0n) is 15.7. The standard InChI is InChI=1S/C19H15Cl2FN2O4S2/c1-3-24(30(27,28)11-7-8-14(20)13(9-11)19(25)26)17-10(2)29-18(23-17)12-5-4-6-15(21)16(12)22/h4-9H,3H2,1-2H3,(H,25,26). The zero-order valence-corrected chi connectivity index (χ0v) is 18.8. The Morgan fingerprint density at radius 2 is 1.93 bits per heavy atom. The minimum Gasteiger partial charge on any atom is -0.478 e. The van der Waals surface area contributed by atoms with E-state index >= 15 is 0 Å². The molecule has 0 bridgehead atoms. The maximum atomic E-state index is 14.4. The van der Waals surface area contributed by atoms with E-state index in [1.54, 1.807) is 19.9 Å². The second kappa shape index (κ2) is 8.50. The number of halogens is 3. The van der Waals surface area contributed by atoms with Crippen molar-refractivity contribution >= 4 is 56.3 Å². The molecule has 0 aliphatic rings. The normalized spacial score (nSPS) is 11.5. The van der Waals surface area contributed by atoms with E-state index in [9.17, 15) is 22.7 Å². The molecule has 3 aromatic rings. The van der Waals surface area contributed by atoms with Gasteiger partial charge in [0, 0.05) is 17.0 Å². The van der Waals surface area contributed by atoms with E-state index in [0.717, 1.165) is 21.7 Å². The monoisotopic (exact) mass is 488 g/mol. The third-order valence-electron chi connectivity index (χ3n) is 4.23. The van der Waals surface area contributed by atoms with Crippen LogP contribution in [0.3, 0.4) is 0 Å². The molecule has 1 heterocycles. The number of anilines is 1. The number of rotatable bonds is 6. The fraction of sp³-hybridized carbons (Fsp3) is 0.158. The first kappa shape index (κ1) is 22.5. The van der Waals surface area contributed by atoms with Gasteiger partial charge in [0.05, 0.1) is 20.5 Å². The van der Waals surface area contributed by atoms with Crippen LogP contribution in [0.25, 0.3) is 10.6 Å². The van der Waals surface area contributed by atoms with Crippen molar-refractivity contribution in [1.82, 2.24) is 4.98 Å². The summed E-state index contributed by atoms with van der Waals surface area (Å²) in [5.74, 6) is -1.86. The van der Waals surface area contributed by atoms with Gasteiger partial charge in [0.1, 0.15) is 5.01 Å². The average Bonchev–Trinajstić information content (AvgIpc) is 3.05. The third kappa shape index (κ3) is 4.02. The van der Waals surface area contributed by atoms with Gasteiger partial charge in [-0.1, -0.05) is 29.3 Å². The van der Waals surface area contributed by atoms with E-state index in [1.165, 1.54) is 24.3 Å². The highest BCUT2D eigenvalue weighted by Crippen LogP contribution is 2.37. The molecule has 1 N–H and O–H groups in total. The summed E-state index contributed by atoms with van der Waals surface area (Å²) in [4.78, 5) is 16.0. The van der Waals surface area contributed by atoms with Crippen molar-refractivity contribution in [3.8, 4) is 10.6 Å². The second-order valence-corrected chi connectivity index (χ2v) is 10.00. The summed E-state index contributed by atoms with van der Waals surface area (Å²) in [6.07, 6.45) is 0. The van der Waals surface area contributed by atoms with Crippen LogP contribution in [0.15, 0.2) is 41.3 Å². The van der Waals surface area contributed by atoms with Gasteiger partial charge in [-0.2, -0.15) is 0 Å². The number of sulfonamides is 1. The van der Waals surface area contributed by atoms with E-state index in [0.29, 0.717) is 4.88 Å². The molecule has 0 aliphatic heterocycles. The third-order valence-corrected chi connectivity index (χ3v) is 7.71. The quantitative estimate of drug-likeness (QED) is 0.496. The lowest BCUT2D eigenvalue weighted by molar-refractivity contribution is 0.0697. The Kier molecular flexibility index (Phi) is 6.37. The number of hydrogen-bond acceptors (Lipinski definition) is 5. The van der Waals surface area contributed by atoms with E-state index < -0.39 is 21.8 Å². The van der Waals surface area contributed by atoms with Crippen molar-refractivity contribution in [3.63, 3.8) is 0 Å². The van der Waals surface area contributed by atoms with Crippen LogP contribution in [0.2, 0.25) is 10.0 Å². The fourth-order valence-electron chi connectivity index (χ4n) is 2.79. The molecular weight excluding hydrogens is 474 g/mol. The number of thiazole rings is 1. The van der Waals surface area contributed by atoms with Crippen LogP contribution in [-0.4, -0.2) is 31.0 Å². The summed E-state index contributed by atoms with van der Waals surface area (Å²) >= 11 is 12.8. The summed E-state index contributed by atoms with van der Waals surface area (Å²) in [6.45, 7) is 3.31. The van der Waals surface area contributed by atoms with Gasteiger partial charge in [-0.15, -0.1) is 11.3 Å². The van der Waals surface area contributed by atoms with Gasteiger partial charge in [-0.3, -0.25) is 0 Å². The number of carboxylic acid groups (broad SMARTS) is 1. The van der Waals surface area contributed by atoms with Gasteiger partial charge in [-0.25, -0.2) is 26.9 Å². The molecule has 158 valence electrons. The number of aromatic carboxylic acids is 1. The highest BCUT2D eigenvalue weighted by molar-refractivity contribution is 7.92. The minimum absolute atomic E-state index is 0.0232. The smallest absolute Gasteiger partial charge is 0.337 e. The van der Waals surface area contributed by atoms with Crippen LogP contribution in [-0.2, 0) is 10.0 Å². The maximum absolute atomic E-state index is 14.4. The summed E-state index contributed by atoms with van der Waals surface area (Å²) in [7, 11) is -4.15. The number of nitrogens with zero attached hydrogens (tertiary/aromatic N) is 2. The van der Waals surface area contributed by atoms with Crippen LogP contribution in [0, 0.1) is 12.7 Å². The molecule has 11 heteroatoms. The van der Waals surface area contributed by atoms with Gasteiger partial charge < -0.3 is 5.11 Å². The lowest BCUT2D eigenvalue weighted by Crippen LogP contribution is -2.31. The van der Waals surface area contributed by atoms with Gasteiger partial charge in [-0.05, 0) is 44.2 Å². The van der Waals surface area contributed by atoms with Gasteiger partial charge >= 0.3 is 5.97 Å². The van der Waals surface area contributed by atoms with Crippen molar-refractivity contribution in [1.29, 1.82) is 0 Å². The zero-order chi connectivity index (χ0) is 22.2. The van der Waals surface area contributed by atoms with E-state index in [2.05, 4.69) is 4.98 Å². The molecule has 1 aromatic heterocycles. The summed E-state index contributed by atoms with van der Waals surface area (Å²) < 4.78 is 41.9. The van der Waals surface area contributed by atoms with Crippen molar-refractivity contribution < 1.29 is 22.7 Å². The Morgan fingerprint density at radius 1 is 1.23 bits per heavy atom. The van der Waals surface area contributed by atoms with Crippen LogP contribution < -0.4 is 4.31 Å². The number of aromatic nitrogens is 1.